The lowest BCUT2D eigenvalue weighted by atomic mass is 10.1. The lowest BCUT2D eigenvalue weighted by Crippen LogP contribution is -2.22. The first-order valence-electron chi connectivity index (χ1n) is 9.35. The van der Waals surface area contributed by atoms with Crippen molar-refractivity contribution in [2.45, 2.75) is 26.4 Å². The standard InChI is InChI=1S/C22H21N5O/c1-2-12-27-20(26-19-9-5-11-24-21(19)27)17-7-3-8-18(13-17)22(28)25-15-16-6-4-10-23-14-16/h3-11,13-14H,2,12,15H2,1H3,(H,25,28). The Morgan fingerprint density at radius 3 is 2.82 bits per heavy atom. The predicted octanol–water partition coefficient (Wildman–Crippen LogP) is 3.83. The molecule has 3 aromatic heterocycles. The minimum absolute atomic E-state index is 0.123. The van der Waals surface area contributed by atoms with Gasteiger partial charge in [0, 0.05) is 42.8 Å². The highest BCUT2D eigenvalue weighted by Gasteiger charge is 2.14. The van der Waals surface area contributed by atoms with Crippen LogP contribution in [0.15, 0.2) is 67.1 Å². The van der Waals surface area contributed by atoms with Crippen molar-refractivity contribution >= 4 is 17.1 Å². The van der Waals surface area contributed by atoms with Crippen molar-refractivity contribution in [3.63, 3.8) is 0 Å². The minimum atomic E-state index is -0.123. The molecule has 140 valence electrons. The number of nitrogens with one attached hydrogen (secondary N) is 1. The molecule has 3 heterocycles. The number of hydrogen-bond donors (Lipinski definition) is 1. The molecule has 1 N–H and O–H groups in total. The molecule has 0 radical (unpaired) electrons. The Balaban J connectivity index is 1.63. The second-order valence-corrected chi connectivity index (χ2v) is 6.56. The SMILES string of the molecule is CCCn1c(-c2cccc(C(=O)NCc3cccnc3)c2)nc2cccnc21. The Bertz CT molecular complexity index is 1100. The van der Waals surface area contributed by atoms with Crippen molar-refractivity contribution in [2.24, 2.45) is 0 Å². The van der Waals surface area contributed by atoms with Crippen LogP contribution in [0.3, 0.4) is 0 Å². The maximum atomic E-state index is 12.6. The van der Waals surface area contributed by atoms with Gasteiger partial charge in [-0.15, -0.1) is 0 Å². The number of amides is 1. The van der Waals surface area contributed by atoms with Crippen LogP contribution in [0, 0.1) is 0 Å². The summed E-state index contributed by atoms with van der Waals surface area (Å²) in [4.78, 5) is 25.9. The Morgan fingerprint density at radius 1 is 1.11 bits per heavy atom. The average Bonchev–Trinajstić information content (AvgIpc) is 3.12. The van der Waals surface area contributed by atoms with Crippen molar-refractivity contribution < 1.29 is 4.79 Å². The third-order valence-corrected chi connectivity index (χ3v) is 4.51. The molecule has 0 aliphatic rings. The van der Waals surface area contributed by atoms with Gasteiger partial charge in [-0.3, -0.25) is 9.78 Å². The molecule has 0 aliphatic heterocycles. The van der Waals surface area contributed by atoms with Gasteiger partial charge in [0.05, 0.1) is 0 Å². The highest BCUT2D eigenvalue weighted by atomic mass is 16.1. The highest BCUT2D eigenvalue weighted by Crippen LogP contribution is 2.24. The molecule has 0 fully saturated rings. The van der Waals surface area contributed by atoms with Gasteiger partial charge in [-0.1, -0.05) is 25.1 Å². The molecule has 1 amide bonds. The first kappa shape index (κ1) is 17.9. The Kier molecular flexibility index (Phi) is 5.10. The Labute approximate surface area is 163 Å². The van der Waals surface area contributed by atoms with Crippen LogP contribution in [-0.2, 0) is 13.1 Å². The lowest BCUT2D eigenvalue weighted by Gasteiger charge is -2.09. The van der Waals surface area contributed by atoms with Crippen LogP contribution in [0.25, 0.3) is 22.6 Å². The fourth-order valence-corrected chi connectivity index (χ4v) is 3.20. The van der Waals surface area contributed by atoms with E-state index in [4.69, 9.17) is 4.98 Å². The molecule has 4 rings (SSSR count). The second kappa shape index (κ2) is 8.00. The molecular formula is C22H21N5O. The van der Waals surface area contributed by atoms with E-state index in [0.717, 1.165) is 41.1 Å². The van der Waals surface area contributed by atoms with Gasteiger partial charge < -0.3 is 9.88 Å². The van der Waals surface area contributed by atoms with Gasteiger partial charge in [-0.25, -0.2) is 9.97 Å². The number of hydrogen-bond acceptors (Lipinski definition) is 4. The van der Waals surface area contributed by atoms with Crippen LogP contribution in [-0.4, -0.2) is 25.4 Å². The molecule has 6 nitrogen and oxygen atoms in total. The molecule has 0 aliphatic carbocycles. The van der Waals surface area contributed by atoms with Crippen molar-refractivity contribution in [2.75, 3.05) is 0 Å². The third kappa shape index (κ3) is 3.62. The summed E-state index contributed by atoms with van der Waals surface area (Å²) in [5.41, 5.74) is 4.19. The fraction of sp³-hybridized carbons (Fsp3) is 0.182. The number of imidazole rings is 1. The van der Waals surface area contributed by atoms with E-state index in [2.05, 4.69) is 26.8 Å². The van der Waals surface area contributed by atoms with Gasteiger partial charge >= 0.3 is 0 Å². The fourth-order valence-electron chi connectivity index (χ4n) is 3.20. The zero-order chi connectivity index (χ0) is 19.3. The molecule has 0 bridgehead atoms. The van der Waals surface area contributed by atoms with E-state index in [-0.39, 0.29) is 5.91 Å². The van der Waals surface area contributed by atoms with Crippen LogP contribution < -0.4 is 5.32 Å². The van der Waals surface area contributed by atoms with Gasteiger partial charge in [-0.05, 0) is 42.3 Å². The van der Waals surface area contributed by atoms with E-state index in [1.54, 1.807) is 18.6 Å². The second-order valence-electron chi connectivity index (χ2n) is 6.56. The summed E-state index contributed by atoms with van der Waals surface area (Å²) in [7, 11) is 0. The number of carbonyl (C=O) groups is 1. The number of nitrogens with zero attached hydrogens (tertiary/aromatic N) is 4. The maximum Gasteiger partial charge on any atom is 0.251 e. The van der Waals surface area contributed by atoms with E-state index in [0.29, 0.717) is 12.1 Å². The highest BCUT2D eigenvalue weighted by molar-refractivity contribution is 5.95. The van der Waals surface area contributed by atoms with Crippen LogP contribution in [0.1, 0.15) is 29.3 Å². The Morgan fingerprint density at radius 2 is 2.00 bits per heavy atom. The van der Waals surface area contributed by atoms with Gasteiger partial charge in [-0.2, -0.15) is 0 Å². The molecule has 6 heteroatoms. The molecule has 0 saturated carbocycles. The first-order chi connectivity index (χ1) is 13.8. The molecule has 4 aromatic rings. The molecule has 0 spiro atoms. The summed E-state index contributed by atoms with van der Waals surface area (Å²) in [5, 5.41) is 2.94. The van der Waals surface area contributed by atoms with Crippen LogP contribution in [0.5, 0.6) is 0 Å². The zero-order valence-electron chi connectivity index (χ0n) is 15.7. The quantitative estimate of drug-likeness (QED) is 0.559. The molecule has 0 unspecified atom stereocenters. The monoisotopic (exact) mass is 371 g/mol. The molecule has 0 atom stereocenters. The van der Waals surface area contributed by atoms with Gasteiger partial charge in [0.2, 0.25) is 0 Å². The van der Waals surface area contributed by atoms with Crippen molar-refractivity contribution in [1.29, 1.82) is 0 Å². The number of pyridine rings is 2. The zero-order valence-corrected chi connectivity index (χ0v) is 15.7. The lowest BCUT2D eigenvalue weighted by molar-refractivity contribution is 0.0951. The summed E-state index contributed by atoms with van der Waals surface area (Å²) >= 11 is 0. The predicted molar refractivity (Wildman–Crippen MR) is 109 cm³/mol. The van der Waals surface area contributed by atoms with E-state index >= 15 is 0 Å². The maximum absolute atomic E-state index is 12.6. The smallest absolute Gasteiger partial charge is 0.251 e. The molecule has 28 heavy (non-hydrogen) atoms. The van der Waals surface area contributed by atoms with E-state index in [9.17, 15) is 4.79 Å². The number of fused-ring (bicyclic) bond motifs is 1. The van der Waals surface area contributed by atoms with Crippen LogP contribution >= 0.6 is 0 Å². The Hall–Kier alpha value is -3.54. The van der Waals surface area contributed by atoms with Crippen LogP contribution in [0.2, 0.25) is 0 Å². The molecule has 0 saturated heterocycles. The largest absolute Gasteiger partial charge is 0.348 e. The van der Waals surface area contributed by atoms with Gasteiger partial charge in [0.25, 0.3) is 5.91 Å². The summed E-state index contributed by atoms with van der Waals surface area (Å²) in [5.74, 6) is 0.708. The number of rotatable bonds is 6. The molecule has 1 aromatic carbocycles. The number of benzene rings is 1. The first-order valence-corrected chi connectivity index (χ1v) is 9.35. The topological polar surface area (TPSA) is 72.7 Å². The normalized spacial score (nSPS) is 10.9. The number of aromatic nitrogens is 4. The number of carbonyl (C=O) groups excluding carboxylic acids is 1. The summed E-state index contributed by atoms with van der Waals surface area (Å²) in [6.07, 6.45) is 6.21. The van der Waals surface area contributed by atoms with E-state index < -0.39 is 0 Å². The van der Waals surface area contributed by atoms with Gasteiger partial charge in [0.15, 0.2) is 5.65 Å². The summed E-state index contributed by atoms with van der Waals surface area (Å²) < 4.78 is 2.11. The van der Waals surface area contributed by atoms with Crippen molar-refractivity contribution in [3.8, 4) is 11.4 Å². The van der Waals surface area contributed by atoms with Crippen molar-refractivity contribution in [1.82, 2.24) is 24.8 Å². The molecular weight excluding hydrogens is 350 g/mol. The average molecular weight is 371 g/mol. The summed E-state index contributed by atoms with van der Waals surface area (Å²) in [6, 6.07) is 15.2. The van der Waals surface area contributed by atoms with E-state index in [1.807, 2.05) is 48.5 Å². The van der Waals surface area contributed by atoms with Crippen LogP contribution in [0.4, 0.5) is 0 Å². The summed E-state index contributed by atoms with van der Waals surface area (Å²) in [6.45, 7) is 3.39. The minimum Gasteiger partial charge on any atom is -0.348 e. The van der Waals surface area contributed by atoms with E-state index in [1.165, 1.54) is 0 Å². The van der Waals surface area contributed by atoms with Gasteiger partial charge in [0.1, 0.15) is 11.3 Å². The third-order valence-electron chi connectivity index (χ3n) is 4.51. The number of aryl methyl sites for hydroxylation is 1. The van der Waals surface area contributed by atoms with Crippen molar-refractivity contribution in [3.05, 3.63) is 78.2 Å².